The normalized spacial score (nSPS) is 36.8. The van der Waals surface area contributed by atoms with E-state index < -0.39 is 0 Å². The summed E-state index contributed by atoms with van der Waals surface area (Å²) in [5, 5.41) is 0. The topological polar surface area (TPSA) is 46.6 Å². The first kappa shape index (κ1) is 12.9. The number of hydrogen-bond donors (Lipinski definition) is 0. The SMILES string of the molecule is COC(=O)C1CCN(C(=O)CC2CC3CCC2C3)C1. The zero-order valence-electron chi connectivity index (χ0n) is 11.6. The molecule has 106 valence electrons. The van der Waals surface area contributed by atoms with Gasteiger partial charge in [0, 0.05) is 19.5 Å². The van der Waals surface area contributed by atoms with E-state index >= 15 is 0 Å². The van der Waals surface area contributed by atoms with Crippen LogP contribution in [0.3, 0.4) is 0 Å². The quantitative estimate of drug-likeness (QED) is 0.731. The van der Waals surface area contributed by atoms with E-state index in [1.807, 2.05) is 4.90 Å². The molecule has 0 spiro atoms. The molecule has 19 heavy (non-hydrogen) atoms. The summed E-state index contributed by atoms with van der Waals surface area (Å²) in [7, 11) is 1.42. The van der Waals surface area contributed by atoms with E-state index in [2.05, 4.69) is 0 Å². The largest absolute Gasteiger partial charge is 0.469 e. The fourth-order valence-corrected chi connectivity index (χ4v) is 4.33. The number of nitrogens with zero attached hydrogens (tertiary/aromatic N) is 1. The van der Waals surface area contributed by atoms with E-state index in [1.165, 1.54) is 32.8 Å². The smallest absolute Gasteiger partial charge is 0.310 e. The molecule has 4 heteroatoms. The lowest BCUT2D eigenvalue weighted by molar-refractivity contribution is -0.145. The van der Waals surface area contributed by atoms with Gasteiger partial charge in [-0.2, -0.15) is 0 Å². The number of amides is 1. The van der Waals surface area contributed by atoms with Crippen molar-refractivity contribution in [1.29, 1.82) is 0 Å². The van der Waals surface area contributed by atoms with Gasteiger partial charge in [-0.15, -0.1) is 0 Å². The monoisotopic (exact) mass is 265 g/mol. The highest BCUT2D eigenvalue weighted by molar-refractivity contribution is 5.79. The van der Waals surface area contributed by atoms with Crippen LogP contribution >= 0.6 is 0 Å². The Morgan fingerprint density at radius 3 is 2.68 bits per heavy atom. The summed E-state index contributed by atoms with van der Waals surface area (Å²) < 4.78 is 4.76. The Morgan fingerprint density at radius 1 is 1.21 bits per heavy atom. The molecule has 2 aliphatic carbocycles. The second-order valence-electron chi connectivity index (χ2n) is 6.49. The summed E-state index contributed by atoms with van der Waals surface area (Å²) in [4.78, 5) is 25.6. The van der Waals surface area contributed by atoms with Crippen LogP contribution in [-0.4, -0.2) is 37.0 Å². The first-order valence-corrected chi connectivity index (χ1v) is 7.53. The lowest BCUT2D eigenvalue weighted by atomic mass is 9.86. The van der Waals surface area contributed by atoms with E-state index in [1.54, 1.807) is 0 Å². The average Bonchev–Trinajstić information content (AvgIpc) is 3.13. The fraction of sp³-hybridized carbons (Fsp3) is 0.867. The molecule has 1 aliphatic heterocycles. The molecule has 3 aliphatic rings. The lowest BCUT2D eigenvalue weighted by Crippen LogP contribution is -2.32. The summed E-state index contributed by atoms with van der Waals surface area (Å²) in [6.07, 6.45) is 6.77. The first-order valence-electron chi connectivity index (χ1n) is 7.53. The predicted molar refractivity (Wildman–Crippen MR) is 70.3 cm³/mol. The van der Waals surface area contributed by atoms with Crippen LogP contribution in [0.4, 0.5) is 0 Å². The molecule has 4 atom stereocenters. The van der Waals surface area contributed by atoms with Crippen LogP contribution in [0, 0.1) is 23.7 Å². The van der Waals surface area contributed by atoms with E-state index in [0.29, 0.717) is 18.9 Å². The minimum Gasteiger partial charge on any atom is -0.469 e. The zero-order chi connectivity index (χ0) is 13.4. The maximum atomic E-state index is 12.3. The maximum Gasteiger partial charge on any atom is 0.310 e. The summed E-state index contributed by atoms with van der Waals surface area (Å²) in [6.45, 7) is 1.28. The van der Waals surface area contributed by atoms with Crippen molar-refractivity contribution < 1.29 is 14.3 Å². The Kier molecular flexibility index (Phi) is 3.50. The number of hydrogen-bond acceptors (Lipinski definition) is 3. The molecule has 0 radical (unpaired) electrons. The molecule has 3 rings (SSSR count). The lowest BCUT2D eigenvalue weighted by Gasteiger charge is -2.24. The molecule has 4 unspecified atom stereocenters. The minimum absolute atomic E-state index is 0.103. The van der Waals surface area contributed by atoms with Gasteiger partial charge in [0.1, 0.15) is 0 Å². The van der Waals surface area contributed by atoms with Gasteiger partial charge in [0.05, 0.1) is 13.0 Å². The summed E-state index contributed by atoms with van der Waals surface area (Å²) in [5.41, 5.74) is 0. The van der Waals surface area contributed by atoms with Crippen molar-refractivity contribution >= 4 is 11.9 Å². The number of rotatable bonds is 3. The van der Waals surface area contributed by atoms with Gasteiger partial charge in [-0.25, -0.2) is 0 Å². The molecule has 2 bridgehead atoms. The standard InChI is InChI=1S/C15H23NO3/c1-19-15(18)12-4-5-16(9-12)14(17)8-13-7-10-2-3-11(13)6-10/h10-13H,2-9H2,1H3. The predicted octanol–water partition coefficient (Wildman–Crippen LogP) is 1.83. The van der Waals surface area contributed by atoms with E-state index in [4.69, 9.17) is 4.74 Å². The molecule has 0 aromatic heterocycles. The number of fused-ring (bicyclic) bond motifs is 2. The van der Waals surface area contributed by atoms with E-state index in [0.717, 1.165) is 24.8 Å². The highest BCUT2D eigenvalue weighted by atomic mass is 16.5. The molecule has 4 nitrogen and oxygen atoms in total. The van der Waals surface area contributed by atoms with Gasteiger partial charge in [-0.05, 0) is 43.4 Å². The first-order chi connectivity index (χ1) is 9.17. The molecule has 0 aromatic rings. The summed E-state index contributed by atoms with van der Waals surface area (Å²) in [5.74, 6) is 2.29. The zero-order valence-corrected chi connectivity index (χ0v) is 11.6. The second kappa shape index (κ2) is 5.14. The summed E-state index contributed by atoms with van der Waals surface area (Å²) >= 11 is 0. The van der Waals surface area contributed by atoms with Gasteiger partial charge in [-0.1, -0.05) is 6.42 Å². The Bertz CT molecular complexity index is 382. The summed E-state index contributed by atoms with van der Waals surface area (Å²) in [6, 6.07) is 0. The number of esters is 1. The van der Waals surface area contributed by atoms with Crippen LogP contribution in [0.5, 0.6) is 0 Å². The Hall–Kier alpha value is -1.06. The maximum absolute atomic E-state index is 12.3. The Balaban J connectivity index is 1.50. The number of likely N-dealkylation sites (tertiary alicyclic amines) is 1. The van der Waals surface area contributed by atoms with Crippen molar-refractivity contribution in [3.8, 4) is 0 Å². The third-order valence-electron chi connectivity index (χ3n) is 5.40. The van der Waals surface area contributed by atoms with Crippen LogP contribution in [0.2, 0.25) is 0 Å². The van der Waals surface area contributed by atoms with Crippen LogP contribution in [0.15, 0.2) is 0 Å². The molecule has 1 heterocycles. The van der Waals surface area contributed by atoms with Gasteiger partial charge in [-0.3, -0.25) is 9.59 Å². The van der Waals surface area contributed by atoms with Gasteiger partial charge in [0.2, 0.25) is 5.91 Å². The van der Waals surface area contributed by atoms with Crippen molar-refractivity contribution in [2.45, 2.75) is 38.5 Å². The molecule has 3 fully saturated rings. The molecule has 0 N–H and O–H groups in total. The van der Waals surface area contributed by atoms with Crippen molar-refractivity contribution in [2.24, 2.45) is 23.7 Å². The van der Waals surface area contributed by atoms with Crippen LogP contribution < -0.4 is 0 Å². The van der Waals surface area contributed by atoms with Crippen LogP contribution in [0.1, 0.15) is 38.5 Å². The molecular weight excluding hydrogens is 242 g/mol. The molecule has 1 amide bonds. The number of methoxy groups -OCH3 is 1. The molecular formula is C15H23NO3. The van der Waals surface area contributed by atoms with Crippen LogP contribution in [0.25, 0.3) is 0 Å². The minimum atomic E-state index is -0.171. The van der Waals surface area contributed by atoms with Gasteiger partial charge >= 0.3 is 5.97 Å². The van der Waals surface area contributed by atoms with Gasteiger partial charge in [0.25, 0.3) is 0 Å². The van der Waals surface area contributed by atoms with Crippen molar-refractivity contribution in [2.75, 3.05) is 20.2 Å². The third-order valence-corrected chi connectivity index (χ3v) is 5.40. The number of carbonyl (C=O) groups is 2. The second-order valence-corrected chi connectivity index (χ2v) is 6.49. The average molecular weight is 265 g/mol. The van der Waals surface area contributed by atoms with Crippen molar-refractivity contribution in [3.63, 3.8) is 0 Å². The van der Waals surface area contributed by atoms with Crippen LogP contribution in [-0.2, 0) is 14.3 Å². The highest BCUT2D eigenvalue weighted by Crippen LogP contribution is 2.49. The van der Waals surface area contributed by atoms with Gasteiger partial charge < -0.3 is 9.64 Å². The van der Waals surface area contributed by atoms with Gasteiger partial charge in [0.15, 0.2) is 0 Å². The highest BCUT2D eigenvalue weighted by Gasteiger charge is 2.41. The van der Waals surface area contributed by atoms with Crippen molar-refractivity contribution in [3.05, 3.63) is 0 Å². The molecule has 0 aromatic carbocycles. The third kappa shape index (κ3) is 2.49. The van der Waals surface area contributed by atoms with Crippen molar-refractivity contribution in [1.82, 2.24) is 4.90 Å². The number of carbonyl (C=O) groups excluding carboxylic acids is 2. The molecule has 1 saturated heterocycles. The Labute approximate surface area is 114 Å². The van der Waals surface area contributed by atoms with E-state index in [9.17, 15) is 9.59 Å². The van der Waals surface area contributed by atoms with E-state index in [-0.39, 0.29) is 17.8 Å². The fourth-order valence-electron chi connectivity index (χ4n) is 4.33. The molecule has 2 saturated carbocycles. The number of ether oxygens (including phenoxy) is 1. The Morgan fingerprint density at radius 2 is 2.05 bits per heavy atom.